The first-order valence-electron chi connectivity index (χ1n) is 9.67. The first kappa shape index (κ1) is 22.6. The van der Waals surface area contributed by atoms with Gasteiger partial charge in [0.1, 0.15) is 10.6 Å². The number of halogens is 1. The van der Waals surface area contributed by atoms with Crippen molar-refractivity contribution in [1.29, 1.82) is 0 Å². The van der Waals surface area contributed by atoms with Gasteiger partial charge in [-0.1, -0.05) is 37.6 Å². The molecule has 0 radical (unpaired) electrons. The van der Waals surface area contributed by atoms with Crippen LogP contribution in [0.1, 0.15) is 25.3 Å². The predicted octanol–water partition coefficient (Wildman–Crippen LogP) is 3.50. The van der Waals surface area contributed by atoms with E-state index in [4.69, 9.17) is 21.1 Å². The Morgan fingerprint density at radius 1 is 1.17 bits per heavy atom. The Bertz CT molecular complexity index is 987. The Morgan fingerprint density at radius 3 is 2.47 bits per heavy atom. The van der Waals surface area contributed by atoms with Crippen molar-refractivity contribution in [2.75, 3.05) is 38.2 Å². The minimum absolute atomic E-state index is 0.0639. The van der Waals surface area contributed by atoms with Crippen molar-refractivity contribution in [2.24, 2.45) is 0 Å². The molecule has 1 aliphatic rings. The van der Waals surface area contributed by atoms with E-state index in [1.54, 1.807) is 0 Å². The number of carbonyl (C=O) groups excluding carboxylic acids is 1. The van der Waals surface area contributed by atoms with Crippen LogP contribution >= 0.6 is 11.6 Å². The van der Waals surface area contributed by atoms with Crippen molar-refractivity contribution in [1.82, 2.24) is 4.31 Å². The Kier molecular flexibility index (Phi) is 7.36. The van der Waals surface area contributed by atoms with E-state index in [0.29, 0.717) is 24.8 Å². The first-order chi connectivity index (χ1) is 14.3. The van der Waals surface area contributed by atoms with Crippen molar-refractivity contribution in [3.05, 3.63) is 53.1 Å². The molecule has 1 heterocycles. The lowest BCUT2D eigenvalue weighted by atomic mass is 10.0. The predicted molar refractivity (Wildman–Crippen MR) is 116 cm³/mol. The van der Waals surface area contributed by atoms with Crippen molar-refractivity contribution >= 4 is 33.2 Å². The van der Waals surface area contributed by atoms with Crippen LogP contribution in [-0.2, 0) is 19.6 Å². The number of hydrogen-bond donors (Lipinski definition) is 1. The molecule has 1 aliphatic heterocycles. The maximum Gasteiger partial charge on any atom is 0.262 e. The maximum absolute atomic E-state index is 13.0. The molecule has 0 spiro atoms. The molecule has 0 aromatic heterocycles. The number of rotatable bonds is 7. The van der Waals surface area contributed by atoms with E-state index in [1.807, 2.05) is 24.3 Å². The molecule has 0 bridgehead atoms. The topological polar surface area (TPSA) is 84.9 Å². The van der Waals surface area contributed by atoms with Crippen LogP contribution in [0.15, 0.2) is 47.4 Å². The van der Waals surface area contributed by atoms with Crippen molar-refractivity contribution in [2.45, 2.75) is 24.7 Å². The zero-order valence-corrected chi connectivity index (χ0v) is 18.5. The highest BCUT2D eigenvalue weighted by molar-refractivity contribution is 7.89. The molecule has 1 amide bonds. The van der Waals surface area contributed by atoms with Crippen molar-refractivity contribution in [3.63, 3.8) is 0 Å². The molecule has 3 rings (SSSR count). The van der Waals surface area contributed by atoms with Crippen LogP contribution in [0.5, 0.6) is 5.75 Å². The Hall–Kier alpha value is -2.13. The van der Waals surface area contributed by atoms with E-state index < -0.39 is 15.9 Å². The smallest absolute Gasteiger partial charge is 0.262 e. The zero-order valence-electron chi connectivity index (χ0n) is 16.9. The standard InChI is InChI=1S/C21H25ClN2O5S/c1-15(2)16-3-6-18(7-4-16)23-21(25)14-29-19-8-5-17(22)13-20(19)30(26,27)24-9-11-28-12-10-24/h3-8,13,15H,9-12,14H2,1-2H3,(H,23,25). The van der Waals surface area contributed by atoms with E-state index in [0.717, 1.165) is 0 Å². The average molecular weight is 453 g/mol. The summed E-state index contributed by atoms with van der Waals surface area (Å²) in [5, 5.41) is 3.01. The number of nitrogens with one attached hydrogen (secondary N) is 1. The monoisotopic (exact) mass is 452 g/mol. The third-order valence-corrected chi connectivity index (χ3v) is 6.87. The third-order valence-electron chi connectivity index (χ3n) is 4.71. The normalized spacial score (nSPS) is 15.2. The summed E-state index contributed by atoms with van der Waals surface area (Å²) >= 11 is 6.02. The van der Waals surface area contributed by atoms with Gasteiger partial charge in [-0.15, -0.1) is 0 Å². The lowest BCUT2D eigenvalue weighted by molar-refractivity contribution is -0.118. The van der Waals surface area contributed by atoms with Crippen LogP contribution in [0.3, 0.4) is 0 Å². The van der Waals surface area contributed by atoms with Gasteiger partial charge in [0.2, 0.25) is 10.0 Å². The second kappa shape index (κ2) is 9.78. The van der Waals surface area contributed by atoms with Gasteiger partial charge in [0, 0.05) is 23.8 Å². The number of anilines is 1. The molecule has 0 unspecified atom stereocenters. The molecule has 0 atom stereocenters. The first-order valence-corrected chi connectivity index (χ1v) is 11.5. The molecule has 1 N–H and O–H groups in total. The van der Waals surface area contributed by atoms with Crippen LogP contribution in [0, 0.1) is 0 Å². The second-order valence-corrected chi connectivity index (χ2v) is 9.56. The molecule has 1 fully saturated rings. The molecular weight excluding hydrogens is 428 g/mol. The van der Waals surface area contributed by atoms with Crippen LogP contribution in [0.4, 0.5) is 5.69 Å². The van der Waals surface area contributed by atoms with E-state index >= 15 is 0 Å². The summed E-state index contributed by atoms with van der Waals surface area (Å²) in [6.07, 6.45) is 0. The summed E-state index contributed by atoms with van der Waals surface area (Å²) < 4.78 is 38.1. The summed E-state index contributed by atoms with van der Waals surface area (Å²) in [4.78, 5) is 12.2. The molecule has 2 aromatic carbocycles. The fraction of sp³-hybridized carbons (Fsp3) is 0.381. The third kappa shape index (κ3) is 5.51. The molecule has 1 saturated heterocycles. The largest absolute Gasteiger partial charge is 0.482 e. The van der Waals surface area contributed by atoms with Crippen molar-refractivity contribution in [3.8, 4) is 5.75 Å². The molecule has 9 heteroatoms. The molecule has 2 aromatic rings. The molecule has 30 heavy (non-hydrogen) atoms. The van der Waals surface area contributed by atoms with Gasteiger partial charge in [0.25, 0.3) is 5.91 Å². The number of carbonyl (C=O) groups is 1. The van der Waals surface area contributed by atoms with Crippen LogP contribution in [0.2, 0.25) is 5.02 Å². The number of nitrogens with zero attached hydrogens (tertiary/aromatic N) is 1. The highest BCUT2D eigenvalue weighted by Crippen LogP contribution is 2.30. The Balaban J connectivity index is 1.70. The number of hydrogen-bond acceptors (Lipinski definition) is 5. The van der Waals surface area contributed by atoms with Crippen LogP contribution < -0.4 is 10.1 Å². The van der Waals surface area contributed by atoms with Gasteiger partial charge >= 0.3 is 0 Å². The molecular formula is C21H25ClN2O5S. The van der Waals surface area contributed by atoms with E-state index in [-0.39, 0.29) is 35.4 Å². The fourth-order valence-electron chi connectivity index (χ4n) is 3.02. The van der Waals surface area contributed by atoms with Crippen LogP contribution in [0.25, 0.3) is 0 Å². The van der Waals surface area contributed by atoms with Crippen LogP contribution in [-0.4, -0.2) is 51.5 Å². The Labute approximate surface area is 182 Å². The fourth-order valence-corrected chi connectivity index (χ4v) is 4.82. The molecule has 7 nitrogen and oxygen atoms in total. The molecule has 0 saturated carbocycles. The number of morpholine rings is 1. The van der Waals surface area contributed by atoms with Gasteiger partial charge in [0.15, 0.2) is 6.61 Å². The average Bonchev–Trinajstić information content (AvgIpc) is 2.74. The number of amides is 1. The van der Waals surface area contributed by atoms with E-state index in [9.17, 15) is 13.2 Å². The van der Waals surface area contributed by atoms with E-state index in [2.05, 4.69) is 19.2 Å². The SMILES string of the molecule is CC(C)c1ccc(NC(=O)COc2ccc(Cl)cc2S(=O)(=O)N2CCOCC2)cc1. The van der Waals surface area contributed by atoms with Crippen molar-refractivity contribution < 1.29 is 22.7 Å². The van der Waals surface area contributed by atoms with Gasteiger partial charge < -0.3 is 14.8 Å². The minimum atomic E-state index is -3.82. The summed E-state index contributed by atoms with van der Waals surface area (Å²) in [5.74, 6) is 0.0861. The van der Waals surface area contributed by atoms with Gasteiger partial charge in [-0.25, -0.2) is 8.42 Å². The highest BCUT2D eigenvalue weighted by atomic mass is 35.5. The number of benzene rings is 2. The Morgan fingerprint density at radius 2 is 1.83 bits per heavy atom. The summed E-state index contributed by atoms with van der Waals surface area (Å²) in [6.45, 7) is 5.01. The summed E-state index contributed by atoms with van der Waals surface area (Å²) in [6, 6.07) is 11.9. The minimum Gasteiger partial charge on any atom is -0.482 e. The number of ether oxygens (including phenoxy) is 2. The zero-order chi connectivity index (χ0) is 21.7. The summed E-state index contributed by atoms with van der Waals surface area (Å²) in [7, 11) is -3.82. The van der Waals surface area contributed by atoms with Gasteiger partial charge in [-0.2, -0.15) is 4.31 Å². The van der Waals surface area contributed by atoms with Gasteiger partial charge in [0.05, 0.1) is 13.2 Å². The quantitative estimate of drug-likeness (QED) is 0.694. The van der Waals surface area contributed by atoms with Gasteiger partial charge in [-0.05, 0) is 41.8 Å². The second-order valence-electron chi connectivity index (χ2n) is 7.22. The maximum atomic E-state index is 13.0. The van der Waals surface area contributed by atoms with E-state index in [1.165, 1.54) is 28.1 Å². The number of sulfonamides is 1. The lowest BCUT2D eigenvalue weighted by Gasteiger charge is -2.26. The molecule has 162 valence electrons. The summed E-state index contributed by atoms with van der Waals surface area (Å²) in [5.41, 5.74) is 1.81. The lowest BCUT2D eigenvalue weighted by Crippen LogP contribution is -2.40. The molecule has 0 aliphatic carbocycles. The highest BCUT2D eigenvalue weighted by Gasteiger charge is 2.29. The van der Waals surface area contributed by atoms with Gasteiger partial charge in [-0.3, -0.25) is 4.79 Å².